The van der Waals surface area contributed by atoms with Crippen LogP contribution < -0.4 is 0 Å². The topological polar surface area (TPSA) is 40.5 Å². The van der Waals surface area contributed by atoms with Crippen molar-refractivity contribution in [2.75, 3.05) is 0 Å². The zero-order chi connectivity index (χ0) is 48.0. The van der Waals surface area contributed by atoms with Crippen LogP contribution in [0.4, 0.5) is 0 Å². The van der Waals surface area contributed by atoms with E-state index in [4.69, 9.17) is 0 Å². The summed E-state index contributed by atoms with van der Waals surface area (Å²) >= 11 is 0. The average Bonchev–Trinajstić information content (AvgIpc) is 3.32. The minimum Gasteiger partial charge on any atom is -0.507 e. The molecule has 67 heavy (non-hydrogen) atoms. The van der Waals surface area contributed by atoms with Crippen LogP contribution in [0.25, 0.3) is 0 Å². The van der Waals surface area contributed by atoms with Crippen LogP contribution in [-0.2, 0) is 44.9 Å². The first-order valence-corrected chi connectivity index (χ1v) is 29.7. The summed E-state index contributed by atoms with van der Waals surface area (Å²) in [4.78, 5) is 0. The van der Waals surface area contributed by atoms with Gasteiger partial charge in [0.2, 0.25) is 0 Å². The summed E-state index contributed by atoms with van der Waals surface area (Å²) in [6, 6.07) is 16.8. The van der Waals surface area contributed by atoms with Crippen molar-refractivity contribution >= 4 is 0 Å². The fourth-order valence-corrected chi connectivity index (χ4v) is 10.6. The zero-order valence-electron chi connectivity index (χ0n) is 45.1. The van der Waals surface area contributed by atoms with Crippen molar-refractivity contribution < 1.29 is 10.2 Å². The van der Waals surface area contributed by atoms with Gasteiger partial charge in [-0.1, -0.05) is 270 Å². The normalized spacial score (nSPS) is 11.6. The zero-order valence-corrected chi connectivity index (χ0v) is 45.1. The number of hydrogen-bond acceptors (Lipinski definition) is 2. The number of hydrogen-bond donors (Lipinski definition) is 2. The van der Waals surface area contributed by atoms with Crippen molar-refractivity contribution in [3.8, 4) is 11.5 Å². The number of unbranched alkanes of at least 4 members (excludes halogenated alkanes) is 30. The number of rotatable bonds is 44. The molecule has 0 aliphatic heterocycles. The summed E-state index contributed by atoms with van der Waals surface area (Å²) in [6.07, 6.45) is 52.5. The van der Waals surface area contributed by atoms with Crippen LogP contribution in [0.5, 0.6) is 11.5 Å². The van der Waals surface area contributed by atoms with E-state index in [0.717, 1.165) is 68.9 Å². The molecule has 0 atom stereocenters. The molecule has 0 saturated carbocycles. The first kappa shape index (κ1) is 58.6. The third-order valence-electron chi connectivity index (χ3n) is 14.9. The van der Waals surface area contributed by atoms with Gasteiger partial charge in [0.25, 0.3) is 0 Å². The molecule has 0 amide bonds. The SMILES string of the molecule is CCCCCCCCCc1cc(Cc2cc(CCCCCCCCC)cc(CCCCCCCCC)c2O)cc(Cc2cc(CCCCCCCCC)cc(CCCCCCCCC)c2O)c1. The second kappa shape index (κ2) is 39.0. The van der Waals surface area contributed by atoms with Gasteiger partial charge in [0.05, 0.1) is 0 Å². The van der Waals surface area contributed by atoms with E-state index in [0.29, 0.717) is 11.5 Å². The van der Waals surface area contributed by atoms with Gasteiger partial charge >= 0.3 is 0 Å². The van der Waals surface area contributed by atoms with Crippen LogP contribution in [0.15, 0.2) is 42.5 Å². The molecule has 2 N–H and O–H groups in total. The van der Waals surface area contributed by atoms with Gasteiger partial charge in [-0.2, -0.15) is 0 Å². The van der Waals surface area contributed by atoms with Gasteiger partial charge in [0.1, 0.15) is 11.5 Å². The second-order valence-electron chi connectivity index (χ2n) is 21.4. The van der Waals surface area contributed by atoms with Crippen LogP contribution in [0.3, 0.4) is 0 Å². The lowest BCUT2D eigenvalue weighted by molar-refractivity contribution is 0.459. The minimum absolute atomic E-state index is 0.541. The lowest BCUT2D eigenvalue weighted by Gasteiger charge is -2.17. The maximum absolute atomic E-state index is 12.0. The van der Waals surface area contributed by atoms with Crippen molar-refractivity contribution in [1.29, 1.82) is 0 Å². The lowest BCUT2D eigenvalue weighted by atomic mass is 9.90. The Kier molecular flexibility index (Phi) is 34.1. The second-order valence-corrected chi connectivity index (χ2v) is 21.4. The Balaban J connectivity index is 1.92. The first-order chi connectivity index (χ1) is 32.9. The van der Waals surface area contributed by atoms with Crippen LogP contribution >= 0.6 is 0 Å². The highest BCUT2D eigenvalue weighted by Crippen LogP contribution is 2.33. The van der Waals surface area contributed by atoms with Crippen LogP contribution in [-0.4, -0.2) is 10.2 Å². The van der Waals surface area contributed by atoms with Gasteiger partial charge in [-0.05, 0) is 114 Å². The molecule has 380 valence electrons. The Hall–Kier alpha value is -2.74. The Morgan fingerprint density at radius 3 is 0.716 bits per heavy atom. The van der Waals surface area contributed by atoms with E-state index in [1.54, 1.807) is 0 Å². The Morgan fingerprint density at radius 1 is 0.224 bits per heavy atom. The summed E-state index contributed by atoms with van der Waals surface area (Å²) in [7, 11) is 0. The van der Waals surface area contributed by atoms with E-state index in [9.17, 15) is 10.2 Å². The number of aromatic hydroxyl groups is 2. The molecule has 0 bridgehead atoms. The highest BCUT2D eigenvalue weighted by Gasteiger charge is 2.16. The fraction of sp³-hybridized carbons (Fsp3) is 0.723. The van der Waals surface area contributed by atoms with E-state index in [2.05, 4.69) is 77.1 Å². The van der Waals surface area contributed by atoms with E-state index in [1.807, 2.05) is 0 Å². The summed E-state index contributed by atoms with van der Waals surface area (Å²) in [5.74, 6) is 1.08. The third kappa shape index (κ3) is 26.7. The molecule has 2 nitrogen and oxygen atoms in total. The van der Waals surface area contributed by atoms with E-state index >= 15 is 0 Å². The molecular formula is C65H108O2. The third-order valence-corrected chi connectivity index (χ3v) is 14.9. The van der Waals surface area contributed by atoms with Crippen molar-refractivity contribution in [3.63, 3.8) is 0 Å². The van der Waals surface area contributed by atoms with E-state index < -0.39 is 0 Å². The molecule has 0 aliphatic rings. The molecule has 3 rings (SSSR count). The van der Waals surface area contributed by atoms with Crippen molar-refractivity contribution in [2.24, 2.45) is 0 Å². The summed E-state index contributed by atoms with van der Waals surface area (Å²) in [5, 5.41) is 24.0. The van der Waals surface area contributed by atoms with Crippen LogP contribution in [0, 0.1) is 0 Å². The molecule has 0 spiro atoms. The molecule has 0 fully saturated rings. The standard InChI is InChI=1S/C65H108O2/c1-6-11-16-21-26-31-36-41-55-46-58(53-62-51-56(42-37-32-27-22-17-12-7-2)49-60(64(62)66)44-39-34-29-24-19-14-9-4)48-59(47-55)54-63-52-57(43-38-33-28-23-18-13-8-3)50-61(65(63)67)45-40-35-30-25-20-15-10-5/h46-52,66-67H,6-45,53-54H2,1-5H3. The number of phenolic OH excluding ortho intramolecular Hbond substituents is 2. The molecule has 0 saturated heterocycles. The quantitative estimate of drug-likeness (QED) is 0.0555. The Morgan fingerprint density at radius 2 is 0.433 bits per heavy atom. The summed E-state index contributed by atoms with van der Waals surface area (Å²) in [6.45, 7) is 11.5. The van der Waals surface area contributed by atoms with Gasteiger partial charge in [-0.3, -0.25) is 0 Å². The van der Waals surface area contributed by atoms with Crippen molar-refractivity contribution in [2.45, 2.75) is 304 Å². The molecule has 0 aromatic heterocycles. The van der Waals surface area contributed by atoms with Crippen molar-refractivity contribution in [3.05, 3.63) is 92.5 Å². The van der Waals surface area contributed by atoms with Gasteiger partial charge < -0.3 is 10.2 Å². The fourth-order valence-electron chi connectivity index (χ4n) is 10.6. The van der Waals surface area contributed by atoms with Gasteiger partial charge in [-0.15, -0.1) is 0 Å². The molecular weight excluding hydrogens is 813 g/mol. The Bertz CT molecular complexity index is 1540. The van der Waals surface area contributed by atoms with Crippen LogP contribution in [0.1, 0.15) is 309 Å². The lowest BCUT2D eigenvalue weighted by Crippen LogP contribution is -2.02. The van der Waals surface area contributed by atoms with Gasteiger partial charge in [0.15, 0.2) is 0 Å². The van der Waals surface area contributed by atoms with Crippen molar-refractivity contribution in [1.82, 2.24) is 0 Å². The molecule has 0 unspecified atom stereocenters. The number of benzene rings is 3. The van der Waals surface area contributed by atoms with Gasteiger partial charge in [-0.25, -0.2) is 0 Å². The predicted octanol–water partition coefficient (Wildman–Crippen LogP) is 20.7. The number of aryl methyl sites for hydroxylation is 5. The monoisotopic (exact) mass is 921 g/mol. The molecule has 2 heteroatoms. The first-order valence-electron chi connectivity index (χ1n) is 29.7. The predicted molar refractivity (Wildman–Crippen MR) is 297 cm³/mol. The largest absolute Gasteiger partial charge is 0.507 e. The smallest absolute Gasteiger partial charge is 0.122 e. The molecule has 3 aromatic rings. The highest BCUT2D eigenvalue weighted by molar-refractivity contribution is 5.49. The van der Waals surface area contributed by atoms with E-state index in [-0.39, 0.29) is 0 Å². The number of phenols is 2. The van der Waals surface area contributed by atoms with Gasteiger partial charge in [0, 0.05) is 12.8 Å². The summed E-state index contributed by atoms with van der Waals surface area (Å²) < 4.78 is 0. The maximum atomic E-state index is 12.0. The molecule has 0 heterocycles. The van der Waals surface area contributed by atoms with E-state index in [1.165, 1.54) is 251 Å². The Labute approximate surface area is 416 Å². The average molecular weight is 922 g/mol. The summed E-state index contributed by atoms with van der Waals surface area (Å²) in [5.41, 5.74) is 11.4. The molecule has 3 aromatic carbocycles. The maximum Gasteiger partial charge on any atom is 0.122 e. The molecule has 0 aliphatic carbocycles. The molecule has 0 radical (unpaired) electrons. The minimum atomic E-state index is 0.541. The highest BCUT2D eigenvalue weighted by atomic mass is 16.3. The van der Waals surface area contributed by atoms with Crippen LogP contribution in [0.2, 0.25) is 0 Å².